The molecule has 13 heavy (non-hydrogen) atoms. The van der Waals surface area contributed by atoms with Crippen molar-refractivity contribution in [1.29, 1.82) is 0 Å². The fraction of sp³-hybridized carbons (Fsp3) is 0.333. The summed E-state index contributed by atoms with van der Waals surface area (Å²) in [6, 6.07) is 0. The minimum Gasteiger partial charge on any atom is -0.262 e. The van der Waals surface area contributed by atoms with Crippen LogP contribution < -0.4 is 0 Å². The highest BCUT2D eigenvalue weighted by Crippen LogP contribution is 2.16. The molecule has 0 N–H and O–H groups in total. The number of carbonyl (C=O) groups excluding carboxylic acids is 1. The Labute approximate surface area is 70.1 Å². The average Bonchev–Trinajstić information content (AvgIpc) is 1.82. The SMILES string of the molecule is O=C(N=C(F)N=S(F)F)C(F)(F)F. The lowest BCUT2D eigenvalue weighted by Gasteiger charge is -1.97. The largest absolute Gasteiger partial charge is 0.473 e. The molecule has 0 bridgehead atoms. The molecule has 0 spiro atoms. The Bertz CT molecular complexity index is 266. The van der Waals surface area contributed by atoms with Gasteiger partial charge >= 0.3 is 18.2 Å². The maximum Gasteiger partial charge on any atom is 0.473 e. The molecule has 0 unspecified atom stereocenters. The number of carbonyl (C=O) groups is 1. The van der Waals surface area contributed by atoms with Crippen molar-refractivity contribution in [3.63, 3.8) is 0 Å². The molecule has 0 saturated carbocycles. The molecule has 10 heteroatoms. The van der Waals surface area contributed by atoms with Crippen LogP contribution in [0.15, 0.2) is 9.36 Å². The summed E-state index contributed by atoms with van der Waals surface area (Å²) in [4.78, 5) is 11.4. The van der Waals surface area contributed by atoms with Crippen LogP contribution in [0.4, 0.5) is 25.3 Å². The van der Waals surface area contributed by atoms with Crippen molar-refractivity contribution >= 4 is 23.5 Å². The minimum absolute atomic E-state index is 1.63. The lowest BCUT2D eigenvalue weighted by atomic mass is 10.6. The van der Waals surface area contributed by atoms with Crippen LogP contribution in [0.5, 0.6) is 0 Å². The summed E-state index contributed by atoms with van der Waals surface area (Å²) in [6.45, 7) is 0. The van der Waals surface area contributed by atoms with Crippen molar-refractivity contribution in [3.05, 3.63) is 0 Å². The average molecular weight is 226 g/mol. The molecule has 76 valence electrons. The Hall–Kier alpha value is -0.930. The van der Waals surface area contributed by atoms with E-state index in [0.29, 0.717) is 0 Å². The summed E-state index contributed by atoms with van der Waals surface area (Å²) in [5.41, 5.74) is 0. The normalized spacial score (nSPS) is 13.3. The van der Waals surface area contributed by atoms with Crippen molar-refractivity contribution in [2.24, 2.45) is 9.36 Å². The van der Waals surface area contributed by atoms with Crippen LogP contribution in [-0.2, 0) is 16.3 Å². The molecule has 0 fully saturated rings. The van der Waals surface area contributed by atoms with E-state index in [1.165, 1.54) is 0 Å². The van der Waals surface area contributed by atoms with Crippen LogP contribution in [-0.4, -0.2) is 18.2 Å². The number of nitrogens with zero attached hydrogens (tertiary/aromatic N) is 2. The maximum atomic E-state index is 11.8. The molecule has 0 radical (unpaired) electrons. The van der Waals surface area contributed by atoms with Gasteiger partial charge in [0.25, 0.3) is 11.5 Å². The number of alkyl halides is 3. The van der Waals surface area contributed by atoms with Crippen molar-refractivity contribution < 1.29 is 30.1 Å². The first kappa shape index (κ1) is 12.1. The van der Waals surface area contributed by atoms with Gasteiger partial charge in [-0.15, -0.1) is 12.1 Å². The summed E-state index contributed by atoms with van der Waals surface area (Å²) < 4.78 is 69.8. The second-order valence-corrected chi connectivity index (χ2v) is 2.05. The third-order valence-corrected chi connectivity index (χ3v) is 0.869. The Morgan fingerprint density at radius 1 is 1.23 bits per heavy atom. The highest BCUT2D eigenvalue weighted by atomic mass is 32.2. The van der Waals surface area contributed by atoms with Gasteiger partial charge in [0.1, 0.15) is 0 Å². The first-order valence-corrected chi connectivity index (χ1v) is 3.35. The van der Waals surface area contributed by atoms with E-state index >= 15 is 0 Å². The number of halogens is 6. The zero-order chi connectivity index (χ0) is 10.6. The highest BCUT2D eigenvalue weighted by Gasteiger charge is 2.39. The number of hydrogen-bond acceptors (Lipinski definition) is 1. The van der Waals surface area contributed by atoms with E-state index in [1.54, 1.807) is 9.36 Å². The highest BCUT2D eigenvalue weighted by molar-refractivity contribution is 7.77. The Balaban J connectivity index is 4.60. The molecule has 0 aliphatic carbocycles. The van der Waals surface area contributed by atoms with Gasteiger partial charge in [-0.2, -0.15) is 22.6 Å². The van der Waals surface area contributed by atoms with Crippen molar-refractivity contribution in [1.82, 2.24) is 0 Å². The fourth-order valence-corrected chi connectivity index (χ4v) is 0.379. The number of amides is 1. The molecule has 0 saturated heterocycles. The van der Waals surface area contributed by atoms with Gasteiger partial charge in [-0.05, 0) is 0 Å². The van der Waals surface area contributed by atoms with Crippen molar-refractivity contribution in [2.75, 3.05) is 0 Å². The number of hydrogen-bond donors (Lipinski definition) is 0. The lowest BCUT2D eigenvalue weighted by Crippen LogP contribution is -2.21. The van der Waals surface area contributed by atoms with Gasteiger partial charge in [-0.1, -0.05) is 0 Å². The van der Waals surface area contributed by atoms with Crippen molar-refractivity contribution in [2.45, 2.75) is 6.18 Å². The molecule has 0 rings (SSSR count). The molecule has 1 amide bonds. The summed E-state index contributed by atoms with van der Waals surface area (Å²) in [5, 5.41) is 0. The molecule has 0 aromatic carbocycles. The van der Waals surface area contributed by atoms with Crippen LogP contribution in [0.2, 0.25) is 0 Å². The topological polar surface area (TPSA) is 41.8 Å². The van der Waals surface area contributed by atoms with E-state index in [2.05, 4.69) is 0 Å². The third-order valence-electron chi connectivity index (χ3n) is 0.581. The fourth-order valence-electron chi connectivity index (χ4n) is 0.225. The second-order valence-electron chi connectivity index (χ2n) is 1.47. The molecule has 3 nitrogen and oxygen atoms in total. The van der Waals surface area contributed by atoms with E-state index in [-0.39, 0.29) is 0 Å². The first-order chi connectivity index (χ1) is 5.73. The molecule has 0 aliphatic heterocycles. The molecule has 0 atom stereocenters. The van der Waals surface area contributed by atoms with Gasteiger partial charge in [-0.25, -0.2) is 0 Å². The smallest absolute Gasteiger partial charge is 0.262 e. The molecule has 0 heterocycles. The summed E-state index contributed by atoms with van der Waals surface area (Å²) in [7, 11) is 0. The molecular formula is C3F6N2OS. The molecule has 0 aromatic rings. The van der Waals surface area contributed by atoms with Gasteiger partial charge < -0.3 is 0 Å². The van der Waals surface area contributed by atoms with Crippen LogP contribution >= 0.6 is 0 Å². The maximum absolute atomic E-state index is 11.8. The van der Waals surface area contributed by atoms with Gasteiger partial charge in [-0.3, -0.25) is 4.79 Å². The minimum atomic E-state index is -5.39. The number of aliphatic imine (C=N–C) groups is 1. The van der Waals surface area contributed by atoms with Gasteiger partial charge in [0.05, 0.1) is 0 Å². The van der Waals surface area contributed by atoms with Crippen molar-refractivity contribution in [3.8, 4) is 0 Å². The molecule has 0 aliphatic rings. The molecular weight excluding hydrogens is 226 g/mol. The summed E-state index contributed by atoms with van der Waals surface area (Å²) in [6.07, 6.45) is -7.78. The van der Waals surface area contributed by atoms with Gasteiger partial charge in [0, 0.05) is 0 Å². The van der Waals surface area contributed by atoms with E-state index in [4.69, 9.17) is 0 Å². The zero-order valence-corrected chi connectivity index (χ0v) is 6.30. The van der Waals surface area contributed by atoms with Crippen LogP contribution in [0.3, 0.4) is 0 Å². The van der Waals surface area contributed by atoms with Crippen LogP contribution in [0.1, 0.15) is 0 Å². The molecule has 0 aromatic heterocycles. The third kappa shape index (κ3) is 5.33. The Morgan fingerprint density at radius 3 is 2.00 bits per heavy atom. The lowest BCUT2D eigenvalue weighted by molar-refractivity contribution is -0.169. The van der Waals surface area contributed by atoms with Gasteiger partial charge in [0.15, 0.2) is 0 Å². The Morgan fingerprint density at radius 2 is 1.69 bits per heavy atom. The van der Waals surface area contributed by atoms with E-state index in [1.807, 2.05) is 0 Å². The second kappa shape index (κ2) is 4.35. The standard InChI is InChI=1S/C3F6N2OS/c4-2(11-13(8)9)10-1(12)3(5,6)7. The predicted octanol–water partition coefficient (Wildman–Crippen LogP) is 1.97. The van der Waals surface area contributed by atoms with E-state index in [0.717, 1.165) is 0 Å². The zero-order valence-electron chi connectivity index (χ0n) is 5.48. The monoisotopic (exact) mass is 226 g/mol. The first-order valence-electron chi connectivity index (χ1n) is 2.37. The number of rotatable bonds is 0. The Kier molecular flexibility index (Phi) is 4.04. The predicted molar refractivity (Wildman–Crippen MR) is 31.6 cm³/mol. The summed E-state index contributed by atoms with van der Waals surface area (Å²) in [5.74, 6) is -2.82. The van der Waals surface area contributed by atoms with E-state index in [9.17, 15) is 30.1 Å². The number of amidine groups is 1. The van der Waals surface area contributed by atoms with Crippen LogP contribution in [0, 0.1) is 0 Å². The quantitative estimate of drug-likeness (QED) is 0.269. The van der Waals surface area contributed by atoms with Gasteiger partial charge in [0.2, 0.25) is 0 Å². The van der Waals surface area contributed by atoms with Crippen LogP contribution in [0.25, 0.3) is 0 Å². The summed E-state index contributed by atoms with van der Waals surface area (Å²) >= 11 is -3.79. The van der Waals surface area contributed by atoms with E-state index < -0.39 is 29.6 Å².